The third-order valence-corrected chi connectivity index (χ3v) is 11.7. The molecule has 1 aromatic carbocycles. The van der Waals surface area contributed by atoms with E-state index in [1.807, 2.05) is 0 Å². The van der Waals surface area contributed by atoms with Crippen LogP contribution in [0.3, 0.4) is 0 Å². The fraction of sp³-hybridized carbons (Fsp3) is 0.643. The summed E-state index contributed by atoms with van der Waals surface area (Å²) in [6.45, 7) is 2.62. The van der Waals surface area contributed by atoms with Crippen LogP contribution in [0.2, 0.25) is 0 Å². The molecule has 2 atom stereocenters. The molecule has 1 aromatic rings. The minimum Gasteiger partial charge on any atom is -0.299 e. The first-order valence-electron chi connectivity index (χ1n) is 12.5. The van der Waals surface area contributed by atoms with Gasteiger partial charge in [0, 0.05) is 5.66 Å². The zero-order chi connectivity index (χ0) is 20.9. The van der Waals surface area contributed by atoms with Gasteiger partial charge in [0.25, 0.3) is 0 Å². The first-order chi connectivity index (χ1) is 14.7. The molecule has 0 bridgehead atoms. The summed E-state index contributed by atoms with van der Waals surface area (Å²) in [5.74, 6) is 0. The van der Waals surface area contributed by atoms with Gasteiger partial charge in [0.15, 0.2) is 0 Å². The molecule has 0 amide bonds. The average molecular weight is 424 g/mol. The Morgan fingerprint density at radius 1 is 0.833 bits per heavy atom. The van der Waals surface area contributed by atoms with E-state index in [1.165, 1.54) is 69.8 Å². The van der Waals surface area contributed by atoms with Crippen LogP contribution in [0, 0.1) is 0 Å². The van der Waals surface area contributed by atoms with E-state index in [1.54, 1.807) is 11.1 Å². The number of nitrogens with zero attached hydrogens (tertiary/aromatic N) is 1. The van der Waals surface area contributed by atoms with E-state index in [0.29, 0.717) is 6.04 Å². The zero-order valence-electron chi connectivity index (χ0n) is 19.5. The first kappa shape index (κ1) is 22.3. The van der Waals surface area contributed by atoms with Gasteiger partial charge in [-0.05, 0) is 74.2 Å². The highest BCUT2D eigenvalue weighted by molar-refractivity contribution is 7.60. The molecule has 4 rings (SSSR count). The van der Waals surface area contributed by atoms with Crippen molar-refractivity contribution in [1.29, 1.82) is 0 Å². The Balaban J connectivity index is 1.67. The Morgan fingerprint density at radius 2 is 1.40 bits per heavy atom. The van der Waals surface area contributed by atoms with Crippen LogP contribution in [0.15, 0.2) is 53.6 Å². The Kier molecular flexibility index (Phi) is 7.88. The summed E-state index contributed by atoms with van der Waals surface area (Å²) in [6.07, 6.45) is 21.0. The number of benzene rings is 1. The lowest BCUT2D eigenvalue weighted by Gasteiger charge is -2.43. The summed E-state index contributed by atoms with van der Waals surface area (Å²) in [5.41, 5.74) is 7.63. The normalized spacial score (nSPS) is 23.5. The van der Waals surface area contributed by atoms with Crippen LogP contribution in [-0.2, 0) is 0 Å². The van der Waals surface area contributed by atoms with Crippen molar-refractivity contribution in [3.8, 4) is 0 Å². The lowest BCUT2D eigenvalue weighted by Crippen LogP contribution is -2.28. The Labute approximate surface area is 186 Å². The molecule has 3 aliphatic rings. The van der Waals surface area contributed by atoms with Crippen LogP contribution in [0.25, 0.3) is 0 Å². The molecule has 2 saturated carbocycles. The molecule has 164 valence electrons. The van der Waals surface area contributed by atoms with E-state index >= 15 is 0 Å². The predicted molar refractivity (Wildman–Crippen MR) is 134 cm³/mol. The van der Waals surface area contributed by atoms with Gasteiger partial charge in [0.1, 0.15) is 0 Å². The van der Waals surface area contributed by atoms with Crippen LogP contribution >= 0.6 is 7.92 Å². The van der Waals surface area contributed by atoms with Crippen molar-refractivity contribution in [1.82, 2.24) is 4.90 Å². The molecule has 0 spiro atoms. The molecule has 3 aliphatic carbocycles. The highest BCUT2D eigenvalue weighted by Gasteiger charge is 2.37. The smallest absolute Gasteiger partial charge is 0.0565 e. The Morgan fingerprint density at radius 3 is 1.93 bits per heavy atom. The third kappa shape index (κ3) is 4.94. The van der Waals surface area contributed by atoms with E-state index in [9.17, 15) is 0 Å². The largest absolute Gasteiger partial charge is 0.299 e. The van der Waals surface area contributed by atoms with Crippen LogP contribution in [0.4, 0.5) is 0 Å². The second kappa shape index (κ2) is 10.6. The highest BCUT2D eigenvalue weighted by atomic mass is 31.1. The predicted octanol–water partition coefficient (Wildman–Crippen LogP) is 8.08. The standard InChI is InChI=1S/C28H42NP/c1-22(30(24-16-9-5-10-17-24)25-18-11-6-12-19-25)26-20-13-21-27(26)28(29(2)3)23-14-7-4-8-15-23/h4,7-8,13-15,20,22,24-25,28H,5-6,9-12,16-19,21H2,1-3H3/t22-,28-/m1/s1. The Bertz CT molecular complexity index is 704. The van der Waals surface area contributed by atoms with E-state index < -0.39 is 0 Å². The van der Waals surface area contributed by atoms with Crippen molar-refractivity contribution in [2.45, 2.75) is 101 Å². The fourth-order valence-electron chi connectivity index (χ4n) is 6.51. The van der Waals surface area contributed by atoms with Gasteiger partial charge in [0.05, 0.1) is 6.04 Å². The SMILES string of the molecule is C[C@H](C1=C([C@@H](c2ccccc2)N(C)C)CC=C1)P(C1CCCCC1)C1CCCCC1. The first-order valence-corrected chi connectivity index (χ1v) is 14.1. The maximum atomic E-state index is 2.62. The van der Waals surface area contributed by atoms with Gasteiger partial charge in [-0.1, -0.05) is 95.9 Å². The summed E-state index contributed by atoms with van der Waals surface area (Å²) in [7, 11) is 4.58. The second-order valence-corrected chi connectivity index (χ2v) is 13.2. The molecule has 30 heavy (non-hydrogen) atoms. The van der Waals surface area contributed by atoms with Crippen molar-refractivity contribution in [3.63, 3.8) is 0 Å². The number of likely N-dealkylation sites (N-methyl/N-ethyl adjacent to an activating group) is 1. The molecule has 2 heteroatoms. The van der Waals surface area contributed by atoms with Gasteiger partial charge in [-0.25, -0.2) is 0 Å². The molecular formula is C28H42NP. The van der Waals surface area contributed by atoms with Crippen molar-refractivity contribution < 1.29 is 0 Å². The molecule has 0 heterocycles. The van der Waals surface area contributed by atoms with Crippen molar-refractivity contribution in [2.24, 2.45) is 0 Å². The van der Waals surface area contributed by atoms with E-state index in [-0.39, 0.29) is 7.92 Å². The minimum atomic E-state index is 0.0636. The molecule has 0 saturated heterocycles. The monoisotopic (exact) mass is 423 g/mol. The zero-order valence-corrected chi connectivity index (χ0v) is 20.4. The van der Waals surface area contributed by atoms with Gasteiger partial charge in [-0.15, -0.1) is 0 Å². The fourth-order valence-corrected chi connectivity index (χ4v) is 10.9. The maximum absolute atomic E-state index is 2.62. The number of hydrogen-bond donors (Lipinski definition) is 0. The van der Waals surface area contributed by atoms with Crippen LogP contribution < -0.4 is 0 Å². The van der Waals surface area contributed by atoms with Crippen LogP contribution in [0.1, 0.15) is 89.2 Å². The maximum Gasteiger partial charge on any atom is 0.0565 e. The van der Waals surface area contributed by atoms with Crippen molar-refractivity contribution in [2.75, 3.05) is 14.1 Å². The number of rotatable bonds is 7. The second-order valence-electron chi connectivity index (χ2n) is 10.1. The van der Waals surface area contributed by atoms with Gasteiger partial charge in [0.2, 0.25) is 0 Å². The molecule has 0 N–H and O–H groups in total. The van der Waals surface area contributed by atoms with Crippen molar-refractivity contribution in [3.05, 3.63) is 59.2 Å². The number of hydrogen-bond acceptors (Lipinski definition) is 1. The summed E-state index contributed by atoms with van der Waals surface area (Å²) in [4.78, 5) is 2.44. The quantitative estimate of drug-likeness (QED) is 0.401. The summed E-state index contributed by atoms with van der Waals surface area (Å²) in [6, 6.07) is 11.6. The minimum absolute atomic E-state index is 0.0636. The van der Waals surface area contributed by atoms with Crippen LogP contribution in [0.5, 0.6) is 0 Å². The lowest BCUT2D eigenvalue weighted by atomic mass is 9.93. The average Bonchev–Trinajstić information content (AvgIpc) is 3.25. The van der Waals surface area contributed by atoms with Gasteiger partial charge in [-0.2, -0.15) is 0 Å². The molecule has 0 radical (unpaired) electrons. The molecule has 1 nitrogen and oxygen atoms in total. The summed E-state index contributed by atoms with van der Waals surface area (Å²) in [5, 5.41) is 0. The topological polar surface area (TPSA) is 3.24 Å². The van der Waals surface area contributed by atoms with Crippen LogP contribution in [-0.4, -0.2) is 36.0 Å². The van der Waals surface area contributed by atoms with Gasteiger partial charge in [-0.3, -0.25) is 4.90 Å². The Hall–Kier alpha value is -0.910. The molecular weight excluding hydrogens is 381 g/mol. The number of allylic oxidation sites excluding steroid dienone is 3. The van der Waals surface area contributed by atoms with E-state index in [4.69, 9.17) is 0 Å². The summed E-state index contributed by atoms with van der Waals surface area (Å²) < 4.78 is 0. The molecule has 2 fully saturated rings. The molecule has 0 aliphatic heterocycles. The van der Waals surface area contributed by atoms with E-state index in [2.05, 4.69) is 68.4 Å². The van der Waals surface area contributed by atoms with Gasteiger partial charge < -0.3 is 0 Å². The third-order valence-electron chi connectivity index (χ3n) is 7.86. The van der Waals surface area contributed by atoms with E-state index in [0.717, 1.165) is 23.4 Å². The van der Waals surface area contributed by atoms with Crippen molar-refractivity contribution >= 4 is 7.92 Å². The molecule has 0 unspecified atom stereocenters. The van der Waals surface area contributed by atoms with Gasteiger partial charge >= 0.3 is 0 Å². The molecule has 0 aromatic heterocycles. The highest BCUT2D eigenvalue weighted by Crippen LogP contribution is 2.61. The summed E-state index contributed by atoms with van der Waals surface area (Å²) >= 11 is 0. The lowest BCUT2D eigenvalue weighted by molar-refractivity contribution is 0.333.